The molecule has 0 radical (unpaired) electrons. The number of aromatic nitrogens is 2. The molecule has 0 aliphatic carbocycles. The number of hydrogen-bond acceptors (Lipinski definition) is 3. The fraction of sp³-hybridized carbons (Fsp3) is 0.0435. The summed E-state index contributed by atoms with van der Waals surface area (Å²) in [5.41, 5.74) is 10.4. The summed E-state index contributed by atoms with van der Waals surface area (Å²) in [6.45, 7) is 0. The van der Waals surface area contributed by atoms with Crippen LogP contribution in [0.2, 0.25) is 0 Å². The van der Waals surface area contributed by atoms with Gasteiger partial charge in [0, 0.05) is 38.3 Å². The number of halogens is 1. The Hall–Kier alpha value is -6.35. The lowest BCUT2D eigenvalue weighted by Gasteiger charge is -2.14. The lowest BCUT2D eigenvalue weighted by Crippen LogP contribution is -1.98. The summed E-state index contributed by atoms with van der Waals surface area (Å²) in [4.78, 5) is 0. The number of benzene rings is 7. The molecule has 52 heavy (non-hydrogen) atoms. The van der Waals surface area contributed by atoms with Gasteiger partial charge >= 0.3 is 0 Å². The summed E-state index contributed by atoms with van der Waals surface area (Å²) in [5.74, 6) is 0. The molecule has 3 aromatic heterocycles. The zero-order valence-corrected chi connectivity index (χ0v) is 28.8. The van der Waals surface area contributed by atoms with Crippen molar-refractivity contribution in [1.82, 2.24) is 9.13 Å². The minimum Gasteiger partial charge on any atom is -0.455 e. The van der Waals surface area contributed by atoms with Gasteiger partial charge in [-0.1, -0.05) is 87.6 Å². The van der Waals surface area contributed by atoms with E-state index in [2.05, 4.69) is 100 Å². The van der Waals surface area contributed by atoms with Crippen molar-refractivity contribution in [3.8, 4) is 34.6 Å². The molecular weight excluding hydrogens is 751 g/mol. The van der Waals surface area contributed by atoms with Crippen molar-refractivity contribution in [1.29, 1.82) is 10.5 Å². The minimum absolute atomic E-state index is 0. The van der Waals surface area contributed by atoms with Gasteiger partial charge in [0.1, 0.15) is 11.2 Å². The molecule has 10 aromatic rings. The molecular formula is C46H33IN4O. The van der Waals surface area contributed by atoms with E-state index in [9.17, 15) is 10.5 Å². The number of furan rings is 1. The molecule has 250 valence electrons. The van der Waals surface area contributed by atoms with Crippen molar-refractivity contribution >= 4 is 89.5 Å². The number of hydrogen-bond donors (Lipinski definition) is 0. The zero-order chi connectivity index (χ0) is 32.6. The van der Waals surface area contributed by atoms with E-state index in [1.807, 2.05) is 66.7 Å². The Bertz CT molecular complexity index is 3040. The lowest BCUT2D eigenvalue weighted by atomic mass is 9.99. The molecule has 0 aliphatic rings. The maximum atomic E-state index is 10.3. The third kappa shape index (κ3) is 4.95. The Morgan fingerprint density at radius 3 is 1.46 bits per heavy atom. The quantitative estimate of drug-likeness (QED) is 0.168. The van der Waals surface area contributed by atoms with Gasteiger partial charge in [-0.05, 0) is 83.9 Å². The Balaban J connectivity index is 0.00000140. The van der Waals surface area contributed by atoms with Gasteiger partial charge in [-0.2, -0.15) is 10.5 Å². The third-order valence-corrected chi connectivity index (χ3v) is 9.70. The van der Waals surface area contributed by atoms with Crippen LogP contribution in [0.1, 0.15) is 26.0 Å². The fourth-order valence-corrected chi connectivity index (χ4v) is 7.66. The number of fused-ring (bicyclic) bond motifs is 10. The van der Waals surface area contributed by atoms with Crippen LogP contribution < -0.4 is 0 Å². The first-order valence-corrected chi connectivity index (χ1v) is 16.1. The average molecular weight is 785 g/mol. The molecule has 0 fully saturated rings. The van der Waals surface area contributed by atoms with E-state index in [0.717, 1.165) is 88.1 Å². The molecule has 7 aromatic carbocycles. The lowest BCUT2D eigenvalue weighted by molar-refractivity contribution is 0.673. The first-order valence-electron chi connectivity index (χ1n) is 16.1. The molecule has 0 unspecified atom stereocenters. The highest BCUT2D eigenvalue weighted by atomic mass is 127. The van der Waals surface area contributed by atoms with Gasteiger partial charge < -0.3 is 13.6 Å². The SMILES string of the molecule is C.C.I.N#Cc1cc(-c2cc(C#N)cc(-n3c4ccccc4c4c5oc6ccccc6c5ccc43)c2)cc(-n2c3ccccc3c3ccccc32)c1. The van der Waals surface area contributed by atoms with Gasteiger partial charge in [0.2, 0.25) is 0 Å². The maximum Gasteiger partial charge on any atom is 0.145 e. The van der Waals surface area contributed by atoms with Crippen LogP contribution in [0.5, 0.6) is 0 Å². The standard InChI is InChI=1S/C44H24N4O.2CH4.HI/c45-25-27-19-29(23-31(21-27)47-38-13-5-1-9-33(38)34-10-2-6-14-39(34)47)30-20-28(26-46)22-32(24-30)48-40-15-7-3-12-37(40)43-41(48)18-17-36-35-11-4-8-16-42(35)49-44(36)43;;;/h1-24H;2*1H4;1H. The molecule has 10 rings (SSSR count). The van der Waals surface area contributed by atoms with Crippen LogP contribution in [0.4, 0.5) is 0 Å². The molecule has 6 heteroatoms. The van der Waals surface area contributed by atoms with E-state index in [1.165, 1.54) is 0 Å². The van der Waals surface area contributed by atoms with Gasteiger partial charge in [-0.25, -0.2) is 0 Å². The van der Waals surface area contributed by atoms with E-state index in [4.69, 9.17) is 4.42 Å². The van der Waals surface area contributed by atoms with Crippen LogP contribution in [-0.2, 0) is 0 Å². The summed E-state index contributed by atoms with van der Waals surface area (Å²) >= 11 is 0. The summed E-state index contributed by atoms with van der Waals surface area (Å²) in [5, 5.41) is 27.1. The first-order chi connectivity index (χ1) is 24.2. The zero-order valence-electron chi connectivity index (χ0n) is 26.5. The number of rotatable bonds is 3. The average Bonchev–Trinajstić information content (AvgIpc) is 3.82. The minimum atomic E-state index is 0. The Morgan fingerprint density at radius 2 is 0.904 bits per heavy atom. The highest BCUT2D eigenvalue weighted by molar-refractivity contribution is 14.0. The predicted molar refractivity (Wildman–Crippen MR) is 226 cm³/mol. The second kappa shape index (κ2) is 13.1. The van der Waals surface area contributed by atoms with Crippen molar-refractivity contribution < 1.29 is 4.42 Å². The van der Waals surface area contributed by atoms with Gasteiger partial charge in [0.15, 0.2) is 0 Å². The number of para-hydroxylation sites is 4. The normalized spacial score (nSPS) is 11.0. The van der Waals surface area contributed by atoms with Crippen LogP contribution in [0.3, 0.4) is 0 Å². The number of nitrogens with zero attached hydrogens (tertiary/aromatic N) is 4. The van der Waals surface area contributed by atoms with Crippen molar-refractivity contribution in [2.45, 2.75) is 14.9 Å². The molecule has 0 saturated heterocycles. The Labute approximate surface area is 318 Å². The van der Waals surface area contributed by atoms with E-state index < -0.39 is 0 Å². The summed E-state index contributed by atoms with van der Waals surface area (Å²) in [6, 6.07) is 54.1. The molecule has 0 amide bonds. The van der Waals surface area contributed by atoms with Crippen molar-refractivity contribution in [2.75, 3.05) is 0 Å². The van der Waals surface area contributed by atoms with Crippen LogP contribution in [0.25, 0.3) is 88.1 Å². The van der Waals surface area contributed by atoms with Gasteiger partial charge in [-0.3, -0.25) is 0 Å². The van der Waals surface area contributed by atoms with Gasteiger partial charge in [0.05, 0.1) is 50.7 Å². The van der Waals surface area contributed by atoms with Crippen molar-refractivity contribution in [3.63, 3.8) is 0 Å². The molecule has 0 bridgehead atoms. The predicted octanol–water partition coefficient (Wildman–Crippen LogP) is 13.1. The Morgan fingerprint density at radius 1 is 0.442 bits per heavy atom. The van der Waals surface area contributed by atoms with Crippen molar-refractivity contribution in [2.24, 2.45) is 0 Å². The van der Waals surface area contributed by atoms with Crippen molar-refractivity contribution in [3.05, 3.63) is 157 Å². The fourth-order valence-electron chi connectivity index (χ4n) is 7.66. The highest BCUT2D eigenvalue weighted by Crippen LogP contribution is 2.41. The molecule has 0 saturated carbocycles. The van der Waals surface area contributed by atoms with Crippen LogP contribution in [-0.4, -0.2) is 9.13 Å². The van der Waals surface area contributed by atoms with Gasteiger partial charge in [0.25, 0.3) is 0 Å². The topological polar surface area (TPSA) is 70.6 Å². The smallest absolute Gasteiger partial charge is 0.145 e. The monoisotopic (exact) mass is 784 g/mol. The molecule has 5 nitrogen and oxygen atoms in total. The second-order valence-electron chi connectivity index (χ2n) is 12.4. The largest absolute Gasteiger partial charge is 0.455 e. The molecule has 3 heterocycles. The summed E-state index contributed by atoms with van der Waals surface area (Å²) in [7, 11) is 0. The first kappa shape index (κ1) is 34.1. The third-order valence-electron chi connectivity index (χ3n) is 9.70. The van der Waals surface area contributed by atoms with Crippen LogP contribution in [0.15, 0.2) is 150 Å². The molecule has 0 N–H and O–H groups in total. The molecule has 0 atom stereocenters. The second-order valence-corrected chi connectivity index (χ2v) is 12.4. The molecule has 0 spiro atoms. The highest BCUT2D eigenvalue weighted by Gasteiger charge is 2.20. The van der Waals surface area contributed by atoms with E-state index in [1.54, 1.807) is 0 Å². The van der Waals surface area contributed by atoms with Gasteiger partial charge in [-0.15, -0.1) is 24.0 Å². The maximum absolute atomic E-state index is 10.3. The van der Waals surface area contributed by atoms with E-state index in [0.29, 0.717) is 11.1 Å². The number of nitriles is 2. The van der Waals surface area contributed by atoms with Crippen LogP contribution in [0, 0.1) is 22.7 Å². The summed E-state index contributed by atoms with van der Waals surface area (Å²) < 4.78 is 10.9. The summed E-state index contributed by atoms with van der Waals surface area (Å²) in [6.07, 6.45) is 0. The van der Waals surface area contributed by atoms with Crippen LogP contribution >= 0.6 is 24.0 Å². The van der Waals surface area contributed by atoms with E-state index in [-0.39, 0.29) is 38.8 Å². The Kier molecular flexibility index (Phi) is 8.58. The molecule has 0 aliphatic heterocycles. The van der Waals surface area contributed by atoms with E-state index >= 15 is 0 Å².